The van der Waals surface area contributed by atoms with Crippen LogP contribution in [0.15, 0.2) is 24.3 Å². The van der Waals surface area contributed by atoms with Crippen molar-refractivity contribution in [1.29, 1.82) is 0 Å². The Morgan fingerprint density at radius 1 is 1.11 bits per heavy atom. The Labute approximate surface area is 161 Å². The van der Waals surface area contributed by atoms with Crippen LogP contribution in [0, 0.1) is 18.8 Å². The van der Waals surface area contributed by atoms with Gasteiger partial charge in [0, 0.05) is 58.0 Å². The Morgan fingerprint density at radius 3 is 2.41 bits per heavy atom. The van der Waals surface area contributed by atoms with Gasteiger partial charge in [-0.2, -0.15) is 4.31 Å². The SMILES string of the molecule is Cc1cccc(N2CCN(S(=O)(=O)CC(=O)N3C[C@H]4CNC[C@H]4C3)CC2)c1. The topological polar surface area (TPSA) is 73.0 Å². The standard InChI is InChI=1S/C19H28N4O3S/c1-15-3-2-4-18(9-15)21-5-7-23(8-6-21)27(25,26)14-19(24)22-12-16-10-20-11-17(16)13-22/h2-4,9,16-17,20H,5-8,10-14H2,1H3/t16-,17+. The first-order valence-corrected chi connectivity index (χ1v) is 11.3. The quantitative estimate of drug-likeness (QED) is 0.788. The van der Waals surface area contributed by atoms with Crippen LogP contribution in [0.1, 0.15) is 5.56 Å². The van der Waals surface area contributed by atoms with Crippen LogP contribution in [0.2, 0.25) is 0 Å². The minimum atomic E-state index is -3.56. The van der Waals surface area contributed by atoms with Gasteiger partial charge in [0.25, 0.3) is 0 Å². The second kappa shape index (κ2) is 7.41. The molecule has 2 atom stereocenters. The van der Waals surface area contributed by atoms with E-state index in [0.29, 0.717) is 51.1 Å². The molecule has 1 N–H and O–H groups in total. The van der Waals surface area contributed by atoms with E-state index in [0.717, 1.165) is 18.8 Å². The lowest BCUT2D eigenvalue weighted by Gasteiger charge is -2.35. The van der Waals surface area contributed by atoms with Crippen LogP contribution in [-0.2, 0) is 14.8 Å². The summed E-state index contributed by atoms with van der Waals surface area (Å²) >= 11 is 0. The minimum absolute atomic E-state index is 0.245. The highest BCUT2D eigenvalue weighted by Gasteiger charge is 2.39. The maximum absolute atomic E-state index is 12.7. The summed E-state index contributed by atoms with van der Waals surface area (Å²) < 4.78 is 27.0. The minimum Gasteiger partial charge on any atom is -0.369 e. The van der Waals surface area contributed by atoms with Crippen molar-refractivity contribution in [2.45, 2.75) is 6.92 Å². The van der Waals surface area contributed by atoms with Crippen LogP contribution in [0.5, 0.6) is 0 Å². The second-order valence-corrected chi connectivity index (χ2v) is 9.93. The van der Waals surface area contributed by atoms with E-state index in [2.05, 4.69) is 35.3 Å². The van der Waals surface area contributed by atoms with E-state index in [1.54, 1.807) is 4.90 Å². The van der Waals surface area contributed by atoms with Crippen molar-refractivity contribution < 1.29 is 13.2 Å². The summed E-state index contributed by atoms with van der Waals surface area (Å²) in [5.74, 6) is 0.319. The summed E-state index contributed by atoms with van der Waals surface area (Å²) in [5, 5.41) is 3.34. The zero-order valence-electron chi connectivity index (χ0n) is 15.8. The number of hydrogen-bond acceptors (Lipinski definition) is 5. The largest absolute Gasteiger partial charge is 0.369 e. The molecule has 7 nitrogen and oxygen atoms in total. The van der Waals surface area contributed by atoms with Gasteiger partial charge in [-0.1, -0.05) is 12.1 Å². The zero-order chi connectivity index (χ0) is 19.0. The summed E-state index contributed by atoms with van der Waals surface area (Å²) in [5.41, 5.74) is 2.32. The van der Waals surface area contributed by atoms with Gasteiger partial charge in [0.1, 0.15) is 5.75 Å². The van der Waals surface area contributed by atoms with Gasteiger partial charge in [-0.15, -0.1) is 0 Å². The number of carbonyl (C=O) groups excluding carboxylic acids is 1. The summed E-state index contributed by atoms with van der Waals surface area (Å²) in [6.45, 7) is 7.45. The molecule has 4 rings (SSSR count). The van der Waals surface area contributed by atoms with E-state index in [1.807, 2.05) is 6.07 Å². The molecule has 1 aromatic carbocycles. The molecule has 148 valence electrons. The van der Waals surface area contributed by atoms with Crippen molar-refractivity contribution in [2.75, 3.05) is 63.0 Å². The molecule has 3 fully saturated rings. The number of rotatable bonds is 4. The lowest BCUT2D eigenvalue weighted by molar-refractivity contribution is -0.127. The molecular formula is C19H28N4O3S. The van der Waals surface area contributed by atoms with Gasteiger partial charge in [-0.3, -0.25) is 4.79 Å². The van der Waals surface area contributed by atoms with Gasteiger partial charge >= 0.3 is 0 Å². The summed E-state index contributed by atoms with van der Waals surface area (Å²) in [6.07, 6.45) is 0. The molecule has 0 saturated carbocycles. The molecule has 1 aromatic rings. The number of benzene rings is 1. The number of piperazine rings is 1. The summed E-state index contributed by atoms with van der Waals surface area (Å²) in [4.78, 5) is 16.5. The van der Waals surface area contributed by atoms with E-state index in [4.69, 9.17) is 0 Å². The zero-order valence-corrected chi connectivity index (χ0v) is 16.6. The van der Waals surface area contributed by atoms with Gasteiger partial charge in [-0.25, -0.2) is 8.42 Å². The van der Waals surface area contributed by atoms with Crippen molar-refractivity contribution in [3.05, 3.63) is 29.8 Å². The van der Waals surface area contributed by atoms with E-state index < -0.39 is 15.8 Å². The molecule has 0 bridgehead atoms. The van der Waals surface area contributed by atoms with Crippen LogP contribution in [0.3, 0.4) is 0 Å². The highest BCUT2D eigenvalue weighted by molar-refractivity contribution is 7.89. The van der Waals surface area contributed by atoms with E-state index in [9.17, 15) is 13.2 Å². The van der Waals surface area contributed by atoms with Crippen molar-refractivity contribution in [2.24, 2.45) is 11.8 Å². The molecule has 0 radical (unpaired) electrons. The van der Waals surface area contributed by atoms with E-state index in [1.165, 1.54) is 9.87 Å². The first-order chi connectivity index (χ1) is 12.9. The number of hydrogen-bond donors (Lipinski definition) is 1. The third-order valence-electron chi connectivity index (χ3n) is 6.05. The average molecular weight is 393 g/mol. The van der Waals surface area contributed by atoms with Gasteiger partial charge in [-0.05, 0) is 36.5 Å². The number of aryl methyl sites for hydroxylation is 1. The molecule has 0 aromatic heterocycles. The predicted octanol–water partition coefficient (Wildman–Crippen LogP) is 0.125. The van der Waals surface area contributed by atoms with Crippen LogP contribution in [0.4, 0.5) is 5.69 Å². The molecule has 0 spiro atoms. The number of likely N-dealkylation sites (tertiary alicyclic amines) is 1. The van der Waals surface area contributed by atoms with Crippen molar-refractivity contribution >= 4 is 21.6 Å². The lowest BCUT2D eigenvalue weighted by atomic mass is 10.0. The van der Waals surface area contributed by atoms with Gasteiger partial charge in [0.2, 0.25) is 15.9 Å². The fraction of sp³-hybridized carbons (Fsp3) is 0.632. The molecule has 8 heteroatoms. The molecular weight excluding hydrogens is 364 g/mol. The Kier molecular flexibility index (Phi) is 5.13. The Balaban J connectivity index is 1.32. The molecule has 3 aliphatic rings. The molecule has 3 aliphatic heterocycles. The molecule has 0 unspecified atom stereocenters. The molecule has 0 aliphatic carbocycles. The number of nitrogens with one attached hydrogen (secondary N) is 1. The number of fused-ring (bicyclic) bond motifs is 1. The second-order valence-electron chi connectivity index (χ2n) is 7.96. The number of amides is 1. The normalized spacial score (nSPS) is 26.4. The van der Waals surface area contributed by atoms with Crippen LogP contribution in [0.25, 0.3) is 0 Å². The van der Waals surface area contributed by atoms with Crippen LogP contribution >= 0.6 is 0 Å². The Bertz CT molecular complexity index is 793. The Hall–Kier alpha value is -1.64. The maximum atomic E-state index is 12.7. The Morgan fingerprint density at radius 2 is 1.78 bits per heavy atom. The number of sulfonamides is 1. The predicted molar refractivity (Wildman–Crippen MR) is 105 cm³/mol. The fourth-order valence-electron chi connectivity index (χ4n) is 4.45. The first-order valence-electron chi connectivity index (χ1n) is 9.70. The van der Waals surface area contributed by atoms with Gasteiger partial charge in [0.15, 0.2) is 0 Å². The molecule has 1 amide bonds. The highest BCUT2D eigenvalue weighted by Crippen LogP contribution is 2.26. The third-order valence-corrected chi connectivity index (χ3v) is 7.81. The number of carbonyl (C=O) groups is 1. The summed E-state index contributed by atoms with van der Waals surface area (Å²) in [7, 11) is -3.56. The van der Waals surface area contributed by atoms with E-state index >= 15 is 0 Å². The highest BCUT2D eigenvalue weighted by atomic mass is 32.2. The maximum Gasteiger partial charge on any atom is 0.239 e. The van der Waals surface area contributed by atoms with E-state index in [-0.39, 0.29) is 5.91 Å². The van der Waals surface area contributed by atoms with Gasteiger partial charge in [0.05, 0.1) is 0 Å². The van der Waals surface area contributed by atoms with Crippen molar-refractivity contribution in [3.8, 4) is 0 Å². The fourth-order valence-corrected chi connectivity index (χ4v) is 5.84. The third kappa shape index (κ3) is 3.97. The monoisotopic (exact) mass is 392 g/mol. The first kappa shape index (κ1) is 18.7. The number of anilines is 1. The average Bonchev–Trinajstić information content (AvgIpc) is 3.23. The van der Waals surface area contributed by atoms with Gasteiger partial charge < -0.3 is 15.1 Å². The van der Waals surface area contributed by atoms with Crippen molar-refractivity contribution in [1.82, 2.24) is 14.5 Å². The smallest absolute Gasteiger partial charge is 0.239 e. The lowest BCUT2D eigenvalue weighted by Crippen LogP contribution is -2.51. The molecule has 3 heterocycles. The molecule has 27 heavy (non-hydrogen) atoms. The van der Waals surface area contributed by atoms with Crippen molar-refractivity contribution in [3.63, 3.8) is 0 Å². The van der Waals surface area contributed by atoms with Crippen LogP contribution < -0.4 is 10.2 Å². The molecule has 3 saturated heterocycles. The number of nitrogens with zero attached hydrogens (tertiary/aromatic N) is 3. The summed E-state index contributed by atoms with van der Waals surface area (Å²) in [6, 6.07) is 8.25. The van der Waals surface area contributed by atoms with Crippen LogP contribution in [-0.4, -0.2) is 81.6 Å².